The molecule has 114 valence electrons. The second-order valence-electron chi connectivity index (χ2n) is 4.55. The summed E-state index contributed by atoms with van der Waals surface area (Å²) >= 11 is 17.2. The van der Waals surface area contributed by atoms with Crippen LogP contribution in [-0.2, 0) is 0 Å². The lowest BCUT2D eigenvalue weighted by Crippen LogP contribution is -2.07. The molecule has 0 bridgehead atoms. The van der Waals surface area contributed by atoms with Gasteiger partial charge in [0.1, 0.15) is 22.6 Å². The van der Waals surface area contributed by atoms with Gasteiger partial charge in [-0.3, -0.25) is 0 Å². The van der Waals surface area contributed by atoms with E-state index >= 15 is 0 Å². The Hall–Kier alpha value is -1.10. The molecule has 1 fully saturated rings. The lowest BCUT2D eigenvalue weighted by atomic mass is 10.0. The predicted octanol–water partition coefficient (Wildman–Crippen LogP) is 4.63. The fourth-order valence-corrected chi connectivity index (χ4v) is 2.38. The quantitative estimate of drug-likeness (QED) is 0.462. The van der Waals surface area contributed by atoms with Crippen molar-refractivity contribution in [1.29, 1.82) is 0 Å². The first-order valence-electron chi connectivity index (χ1n) is 6.30. The molecule has 0 saturated heterocycles. The van der Waals surface area contributed by atoms with E-state index in [1.165, 1.54) is 13.2 Å². The summed E-state index contributed by atoms with van der Waals surface area (Å²) in [6.45, 7) is 0.208. The van der Waals surface area contributed by atoms with Crippen LogP contribution >= 0.6 is 34.8 Å². The molecule has 1 aromatic rings. The van der Waals surface area contributed by atoms with E-state index in [1.54, 1.807) is 12.1 Å². The molecule has 0 radical (unpaired) electrons. The largest absolute Gasteiger partial charge is 0.494 e. The summed E-state index contributed by atoms with van der Waals surface area (Å²) in [4.78, 5) is 0. The van der Waals surface area contributed by atoms with Crippen molar-refractivity contribution in [3.05, 3.63) is 33.3 Å². The van der Waals surface area contributed by atoms with Gasteiger partial charge in [-0.15, -0.1) is 0 Å². The molecule has 2 rings (SSSR count). The normalized spacial score (nSPS) is 14.8. The third-order valence-corrected chi connectivity index (χ3v) is 3.65. The highest BCUT2D eigenvalue weighted by atomic mass is 35.5. The Balaban J connectivity index is 2.32. The number of benzene rings is 1. The van der Waals surface area contributed by atoms with E-state index in [1.807, 2.05) is 0 Å². The van der Waals surface area contributed by atoms with Crippen molar-refractivity contribution in [2.75, 3.05) is 13.7 Å². The van der Waals surface area contributed by atoms with Crippen LogP contribution in [-0.4, -0.2) is 24.6 Å². The molecule has 7 heteroatoms. The van der Waals surface area contributed by atoms with Gasteiger partial charge in [0.05, 0.1) is 17.8 Å². The number of nitrogens with zero attached hydrogens (tertiary/aromatic N) is 1. The second-order valence-corrected chi connectivity index (χ2v) is 5.97. The molecule has 1 N–H and O–H groups in total. The Bertz CT molecular complexity index is 579. The van der Waals surface area contributed by atoms with Crippen molar-refractivity contribution in [3.63, 3.8) is 0 Å². The molecule has 0 aliphatic heterocycles. The summed E-state index contributed by atoms with van der Waals surface area (Å²) in [5.74, 6) is 1.21. The Morgan fingerprint density at radius 2 is 2.14 bits per heavy atom. The summed E-state index contributed by atoms with van der Waals surface area (Å²) in [5.41, 5.74) is 1.19. The van der Waals surface area contributed by atoms with Crippen LogP contribution in [0.25, 0.3) is 0 Å². The molecular formula is C14H14Cl3NO3. The second kappa shape index (κ2) is 7.25. The van der Waals surface area contributed by atoms with Crippen LogP contribution in [0.15, 0.2) is 27.9 Å². The van der Waals surface area contributed by atoms with Crippen molar-refractivity contribution < 1.29 is 14.7 Å². The third-order valence-electron chi connectivity index (χ3n) is 3.06. The van der Waals surface area contributed by atoms with Crippen LogP contribution in [0.4, 0.5) is 0 Å². The molecule has 0 spiro atoms. The zero-order chi connectivity index (χ0) is 15.4. The number of oxime groups is 1. The highest BCUT2D eigenvalue weighted by Crippen LogP contribution is 2.40. The SMILES string of the molecule is COc1c(Cl)cc(OCC=C(Cl)Cl)cc1C(=NO)C1CC1. The fraction of sp³-hybridized carbons (Fsp3) is 0.357. The van der Waals surface area contributed by atoms with Gasteiger partial charge in [0.25, 0.3) is 0 Å². The smallest absolute Gasteiger partial charge is 0.146 e. The lowest BCUT2D eigenvalue weighted by molar-refractivity contribution is 0.317. The van der Waals surface area contributed by atoms with Crippen LogP contribution in [0.1, 0.15) is 18.4 Å². The summed E-state index contributed by atoms with van der Waals surface area (Å²) < 4.78 is 10.9. The number of ether oxygens (including phenoxy) is 2. The van der Waals surface area contributed by atoms with E-state index < -0.39 is 0 Å². The molecule has 0 unspecified atom stereocenters. The molecule has 0 heterocycles. The maximum absolute atomic E-state index is 9.24. The molecule has 1 aliphatic rings. The molecule has 21 heavy (non-hydrogen) atoms. The third kappa shape index (κ3) is 4.19. The lowest BCUT2D eigenvalue weighted by Gasteiger charge is -2.14. The van der Waals surface area contributed by atoms with Gasteiger partial charge in [-0.05, 0) is 25.0 Å². The predicted molar refractivity (Wildman–Crippen MR) is 84.3 cm³/mol. The molecular weight excluding hydrogens is 337 g/mol. The maximum Gasteiger partial charge on any atom is 0.146 e. The Labute approximate surface area is 137 Å². The van der Waals surface area contributed by atoms with Crippen LogP contribution < -0.4 is 9.47 Å². The van der Waals surface area contributed by atoms with E-state index in [4.69, 9.17) is 44.3 Å². The van der Waals surface area contributed by atoms with Crippen LogP contribution in [0.5, 0.6) is 11.5 Å². The maximum atomic E-state index is 9.24. The molecule has 0 amide bonds. The van der Waals surface area contributed by atoms with E-state index in [2.05, 4.69) is 5.16 Å². The van der Waals surface area contributed by atoms with Crippen molar-refractivity contribution >= 4 is 40.5 Å². The van der Waals surface area contributed by atoms with Crippen molar-refractivity contribution in [2.45, 2.75) is 12.8 Å². The monoisotopic (exact) mass is 349 g/mol. The summed E-state index contributed by atoms with van der Waals surface area (Å²) in [6, 6.07) is 3.36. The van der Waals surface area contributed by atoms with Gasteiger partial charge in [0.2, 0.25) is 0 Å². The fourth-order valence-electron chi connectivity index (χ4n) is 1.96. The Morgan fingerprint density at radius 3 is 2.67 bits per heavy atom. The van der Waals surface area contributed by atoms with Gasteiger partial charge in [0, 0.05) is 17.5 Å². The molecule has 0 atom stereocenters. The molecule has 1 saturated carbocycles. The Kier molecular flexibility index (Phi) is 5.62. The summed E-state index contributed by atoms with van der Waals surface area (Å²) in [7, 11) is 1.52. The van der Waals surface area contributed by atoms with Gasteiger partial charge < -0.3 is 14.7 Å². The summed E-state index contributed by atoms with van der Waals surface area (Å²) in [6.07, 6.45) is 3.48. The van der Waals surface area contributed by atoms with Crippen molar-refractivity contribution in [1.82, 2.24) is 0 Å². The Morgan fingerprint density at radius 1 is 1.43 bits per heavy atom. The first-order chi connectivity index (χ1) is 10.1. The first kappa shape index (κ1) is 16.3. The average molecular weight is 351 g/mol. The van der Waals surface area contributed by atoms with Gasteiger partial charge in [-0.25, -0.2) is 0 Å². The molecule has 1 aromatic carbocycles. The number of halogens is 3. The van der Waals surface area contributed by atoms with Crippen molar-refractivity contribution in [3.8, 4) is 11.5 Å². The van der Waals surface area contributed by atoms with Gasteiger partial charge >= 0.3 is 0 Å². The van der Waals surface area contributed by atoms with E-state index in [0.29, 0.717) is 27.8 Å². The molecule has 1 aliphatic carbocycles. The zero-order valence-corrected chi connectivity index (χ0v) is 13.5. The van der Waals surface area contributed by atoms with E-state index in [-0.39, 0.29) is 17.0 Å². The number of hydrogen-bond acceptors (Lipinski definition) is 4. The average Bonchev–Trinajstić information content (AvgIpc) is 3.24. The highest BCUT2D eigenvalue weighted by molar-refractivity contribution is 6.55. The minimum atomic E-state index is 0.130. The first-order valence-corrected chi connectivity index (χ1v) is 7.44. The van der Waals surface area contributed by atoms with Crippen molar-refractivity contribution in [2.24, 2.45) is 11.1 Å². The number of rotatable bonds is 6. The summed E-state index contributed by atoms with van der Waals surface area (Å²) in [5, 5.41) is 13.0. The zero-order valence-electron chi connectivity index (χ0n) is 11.3. The topological polar surface area (TPSA) is 51.0 Å². The number of hydrogen-bond donors (Lipinski definition) is 1. The van der Waals surface area contributed by atoms with E-state index in [0.717, 1.165) is 12.8 Å². The minimum absolute atomic E-state index is 0.130. The van der Waals surface area contributed by atoms with Crippen LogP contribution in [0.2, 0.25) is 5.02 Å². The number of methoxy groups -OCH3 is 1. The van der Waals surface area contributed by atoms with Gasteiger partial charge in [-0.1, -0.05) is 40.0 Å². The van der Waals surface area contributed by atoms with Crippen LogP contribution in [0.3, 0.4) is 0 Å². The van der Waals surface area contributed by atoms with Gasteiger partial charge in [-0.2, -0.15) is 0 Å². The highest BCUT2D eigenvalue weighted by Gasteiger charge is 2.32. The molecule has 4 nitrogen and oxygen atoms in total. The minimum Gasteiger partial charge on any atom is -0.494 e. The van der Waals surface area contributed by atoms with Gasteiger partial charge in [0.15, 0.2) is 0 Å². The van der Waals surface area contributed by atoms with E-state index in [9.17, 15) is 5.21 Å². The van der Waals surface area contributed by atoms with Crippen LogP contribution in [0, 0.1) is 5.92 Å². The standard InChI is InChI=1S/C14H14Cl3NO3/c1-20-14-10(13(18-19)8-2-3-8)6-9(7-11(14)15)21-5-4-12(16)17/h4,6-8,19H,2-3,5H2,1H3. The molecule has 0 aromatic heterocycles.